The quantitative estimate of drug-likeness (QED) is 0.426. The molecule has 0 heteroatoms. The minimum atomic E-state index is -1.69. The standard InChI is InChI=1S/C8H16/c1-8-6-4-2-3-5-7-8/h8H,2-7H2,1H3/i1D3. The van der Waals surface area contributed by atoms with Gasteiger partial charge in [-0.25, -0.2) is 0 Å². The van der Waals surface area contributed by atoms with E-state index in [9.17, 15) is 0 Å². The summed E-state index contributed by atoms with van der Waals surface area (Å²) in [6.45, 7) is -1.69. The second kappa shape index (κ2) is 3.11. The van der Waals surface area contributed by atoms with E-state index in [0.717, 1.165) is 25.7 Å². The van der Waals surface area contributed by atoms with E-state index in [-0.39, 0.29) is 5.92 Å². The van der Waals surface area contributed by atoms with Crippen molar-refractivity contribution < 1.29 is 4.11 Å². The zero-order valence-electron chi connectivity index (χ0n) is 8.32. The third-order valence-electron chi connectivity index (χ3n) is 1.86. The Morgan fingerprint density at radius 1 is 1.12 bits per heavy atom. The lowest BCUT2D eigenvalue weighted by Gasteiger charge is -2.02. The first-order valence-electron chi connectivity index (χ1n) is 5.11. The molecule has 1 aliphatic carbocycles. The van der Waals surface area contributed by atoms with Crippen LogP contribution in [0.4, 0.5) is 0 Å². The third-order valence-corrected chi connectivity index (χ3v) is 1.86. The number of rotatable bonds is 0. The van der Waals surface area contributed by atoms with Gasteiger partial charge >= 0.3 is 0 Å². The fourth-order valence-corrected chi connectivity index (χ4v) is 1.28. The van der Waals surface area contributed by atoms with E-state index in [4.69, 9.17) is 4.11 Å². The van der Waals surface area contributed by atoms with Crippen molar-refractivity contribution in [3.05, 3.63) is 0 Å². The van der Waals surface area contributed by atoms with Crippen LogP contribution in [0.5, 0.6) is 0 Å². The molecule has 0 aliphatic heterocycles. The number of hydrogen-bond donors (Lipinski definition) is 0. The van der Waals surface area contributed by atoms with Crippen molar-refractivity contribution in [2.75, 3.05) is 0 Å². The second-order valence-electron chi connectivity index (χ2n) is 2.69. The zero-order chi connectivity index (χ0) is 8.32. The molecule has 0 nitrogen and oxygen atoms in total. The molecule has 0 atom stereocenters. The average molecular weight is 115 g/mol. The minimum Gasteiger partial charge on any atom is -0.0625 e. The van der Waals surface area contributed by atoms with Gasteiger partial charge in [0.05, 0.1) is 0 Å². The molecule has 0 bridgehead atoms. The van der Waals surface area contributed by atoms with Crippen LogP contribution in [0.15, 0.2) is 0 Å². The zero-order valence-corrected chi connectivity index (χ0v) is 5.32. The molecule has 1 fully saturated rings. The lowest BCUT2D eigenvalue weighted by atomic mass is 10.0. The van der Waals surface area contributed by atoms with Crippen LogP contribution in [0.3, 0.4) is 0 Å². The van der Waals surface area contributed by atoms with E-state index >= 15 is 0 Å². The van der Waals surface area contributed by atoms with Crippen LogP contribution in [-0.2, 0) is 0 Å². The minimum absolute atomic E-state index is 0.00926. The van der Waals surface area contributed by atoms with Crippen molar-refractivity contribution in [3.63, 3.8) is 0 Å². The summed E-state index contributed by atoms with van der Waals surface area (Å²) in [5.41, 5.74) is 0. The molecule has 1 aliphatic rings. The van der Waals surface area contributed by atoms with E-state index in [1.807, 2.05) is 0 Å². The predicted octanol–water partition coefficient (Wildman–Crippen LogP) is 2.98. The Labute approximate surface area is 56.5 Å². The van der Waals surface area contributed by atoms with Gasteiger partial charge in [-0.15, -0.1) is 0 Å². The van der Waals surface area contributed by atoms with Gasteiger partial charge in [0.1, 0.15) is 0 Å². The van der Waals surface area contributed by atoms with Crippen LogP contribution in [0, 0.1) is 5.92 Å². The first-order chi connectivity index (χ1) is 5.11. The van der Waals surface area contributed by atoms with Crippen molar-refractivity contribution >= 4 is 0 Å². The summed E-state index contributed by atoms with van der Waals surface area (Å²) >= 11 is 0. The molecule has 0 unspecified atom stereocenters. The largest absolute Gasteiger partial charge is 0.0625 e. The van der Waals surface area contributed by atoms with Crippen LogP contribution in [0.1, 0.15) is 49.5 Å². The molecular formula is C8H16. The van der Waals surface area contributed by atoms with Crippen LogP contribution in [0.2, 0.25) is 0 Å². The highest BCUT2D eigenvalue weighted by atomic mass is 14.1. The number of hydrogen-bond acceptors (Lipinski definition) is 0. The average Bonchev–Trinajstić information content (AvgIpc) is 2.10. The second-order valence-corrected chi connectivity index (χ2v) is 2.69. The Bertz CT molecular complexity index is 109. The van der Waals surface area contributed by atoms with Crippen molar-refractivity contribution in [2.24, 2.45) is 5.92 Å². The molecule has 0 aromatic rings. The highest BCUT2D eigenvalue weighted by Crippen LogP contribution is 2.21. The normalized spacial score (nSPS) is 32.2. The van der Waals surface area contributed by atoms with E-state index in [2.05, 4.69) is 0 Å². The highest BCUT2D eigenvalue weighted by molar-refractivity contribution is 4.58. The molecule has 0 radical (unpaired) electrons. The Morgan fingerprint density at radius 3 is 2.25 bits per heavy atom. The van der Waals surface area contributed by atoms with Gasteiger partial charge in [0.15, 0.2) is 0 Å². The summed E-state index contributed by atoms with van der Waals surface area (Å²) in [6, 6.07) is 0. The molecule has 0 saturated heterocycles. The van der Waals surface area contributed by atoms with Gasteiger partial charge in [0, 0.05) is 4.11 Å². The Morgan fingerprint density at radius 2 is 1.75 bits per heavy atom. The summed E-state index contributed by atoms with van der Waals surface area (Å²) in [4.78, 5) is 0. The topological polar surface area (TPSA) is 0 Å². The maximum Gasteiger partial charge on any atom is 0.0233 e. The fourth-order valence-electron chi connectivity index (χ4n) is 1.28. The molecule has 0 aromatic carbocycles. The van der Waals surface area contributed by atoms with Crippen molar-refractivity contribution in [2.45, 2.75) is 45.4 Å². The van der Waals surface area contributed by atoms with Crippen LogP contribution in [0.25, 0.3) is 0 Å². The molecule has 1 saturated carbocycles. The van der Waals surface area contributed by atoms with Gasteiger partial charge in [-0.05, 0) is 5.92 Å². The lowest BCUT2D eigenvalue weighted by Crippen LogP contribution is -1.88. The molecule has 0 heterocycles. The van der Waals surface area contributed by atoms with Crippen molar-refractivity contribution in [3.8, 4) is 0 Å². The Kier molecular flexibility index (Phi) is 1.26. The van der Waals surface area contributed by atoms with E-state index in [0.29, 0.717) is 0 Å². The molecule has 0 amide bonds. The van der Waals surface area contributed by atoms with Gasteiger partial charge in [0.25, 0.3) is 0 Å². The smallest absolute Gasteiger partial charge is 0.0233 e. The maximum absolute atomic E-state index is 7.26. The fraction of sp³-hybridized carbons (Fsp3) is 1.00. The van der Waals surface area contributed by atoms with Crippen LogP contribution in [-0.4, -0.2) is 0 Å². The molecule has 8 heavy (non-hydrogen) atoms. The van der Waals surface area contributed by atoms with Crippen molar-refractivity contribution in [1.29, 1.82) is 0 Å². The van der Waals surface area contributed by atoms with E-state index in [1.54, 1.807) is 0 Å². The Balaban J connectivity index is 2.43. The van der Waals surface area contributed by atoms with Crippen LogP contribution < -0.4 is 0 Å². The van der Waals surface area contributed by atoms with Crippen LogP contribution >= 0.6 is 0 Å². The predicted molar refractivity (Wildman–Crippen MR) is 36.9 cm³/mol. The summed E-state index contributed by atoms with van der Waals surface area (Å²) in [5, 5.41) is 0. The molecular weight excluding hydrogens is 96.1 g/mol. The lowest BCUT2D eigenvalue weighted by molar-refractivity contribution is 0.505. The summed E-state index contributed by atoms with van der Waals surface area (Å²) in [6.07, 6.45) is 6.51. The van der Waals surface area contributed by atoms with Gasteiger partial charge in [-0.2, -0.15) is 0 Å². The molecule has 0 aromatic heterocycles. The third kappa shape index (κ3) is 1.85. The molecule has 0 N–H and O–H groups in total. The van der Waals surface area contributed by atoms with Crippen molar-refractivity contribution in [1.82, 2.24) is 0 Å². The molecule has 1 rings (SSSR count). The van der Waals surface area contributed by atoms with Gasteiger partial charge in [-0.1, -0.05) is 45.4 Å². The highest BCUT2D eigenvalue weighted by Gasteiger charge is 2.04. The van der Waals surface area contributed by atoms with Gasteiger partial charge in [-0.3, -0.25) is 0 Å². The molecule has 48 valence electrons. The first-order valence-corrected chi connectivity index (χ1v) is 3.61. The maximum atomic E-state index is 7.26. The first kappa shape index (κ1) is 3.24. The van der Waals surface area contributed by atoms with Gasteiger partial charge in [0.2, 0.25) is 0 Å². The SMILES string of the molecule is [2H]C([2H])([2H])C1CCCCCC1. The monoisotopic (exact) mass is 115 g/mol. The molecule has 0 spiro atoms. The summed E-state index contributed by atoms with van der Waals surface area (Å²) in [5.74, 6) is -0.00926. The summed E-state index contributed by atoms with van der Waals surface area (Å²) < 4.78 is 21.8. The Hall–Kier alpha value is 0. The van der Waals surface area contributed by atoms with Gasteiger partial charge < -0.3 is 0 Å². The van der Waals surface area contributed by atoms with E-state index < -0.39 is 6.85 Å². The summed E-state index contributed by atoms with van der Waals surface area (Å²) in [7, 11) is 0. The van der Waals surface area contributed by atoms with E-state index in [1.165, 1.54) is 12.8 Å².